The Kier molecular flexibility index (Phi) is 3.39. The Bertz CT molecular complexity index is 359. The quantitative estimate of drug-likeness (QED) is 0.564. The van der Waals surface area contributed by atoms with Crippen LogP contribution < -0.4 is 0 Å². The molecule has 15 heavy (non-hydrogen) atoms. The number of nitro groups is 1. The van der Waals surface area contributed by atoms with Crippen LogP contribution in [0.25, 0.3) is 0 Å². The van der Waals surface area contributed by atoms with E-state index in [0.29, 0.717) is 0 Å². The highest BCUT2D eigenvalue weighted by Crippen LogP contribution is 2.30. The van der Waals surface area contributed by atoms with Gasteiger partial charge in [-0.15, -0.1) is 0 Å². The van der Waals surface area contributed by atoms with Crippen molar-refractivity contribution in [2.24, 2.45) is 0 Å². The molecule has 0 atom stereocenters. The van der Waals surface area contributed by atoms with E-state index in [9.17, 15) is 10.1 Å². The molecule has 1 heterocycles. The lowest BCUT2D eigenvalue weighted by molar-refractivity contribution is -0.385. The Balaban J connectivity index is 3.14. The highest BCUT2D eigenvalue weighted by atomic mass is 16.6. The molecule has 0 aliphatic carbocycles. The third-order valence-electron chi connectivity index (χ3n) is 3.13. The predicted octanol–water partition coefficient (Wildman–Crippen LogP) is 3.07. The molecule has 0 aromatic carbocycles. The Morgan fingerprint density at radius 2 is 2.07 bits per heavy atom. The van der Waals surface area contributed by atoms with Gasteiger partial charge in [-0.2, -0.15) is 0 Å². The molecule has 0 aliphatic rings. The third kappa shape index (κ3) is 2.32. The standard InChI is InChI=1S/C11H16N2O2/c1-4-11(3,5-2)10-8-9(13(14)15)6-7-12-10/h6-8H,4-5H2,1-3H3. The summed E-state index contributed by atoms with van der Waals surface area (Å²) < 4.78 is 0. The molecule has 0 fully saturated rings. The van der Waals surface area contributed by atoms with E-state index in [4.69, 9.17) is 0 Å². The number of hydrogen-bond acceptors (Lipinski definition) is 3. The number of pyridine rings is 1. The molecule has 0 saturated heterocycles. The fourth-order valence-electron chi connectivity index (χ4n) is 1.48. The normalized spacial score (nSPS) is 11.4. The summed E-state index contributed by atoms with van der Waals surface area (Å²) in [6, 6.07) is 3.00. The first-order valence-corrected chi connectivity index (χ1v) is 5.14. The Labute approximate surface area is 89.5 Å². The maximum atomic E-state index is 10.6. The molecule has 0 bridgehead atoms. The molecule has 4 heteroatoms. The van der Waals surface area contributed by atoms with Crippen molar-refractivity contribution in [3.8, 4) is 0 Å². The summed E-state index contributed by atoms with van der Waals surface area (Å²) in [7, 11) is 0. The average molecular weight is 208 g/mol. The van der Waals surface area contributed by atoms with E-state index in [1.165, 1.54) is 12.3 Å². The Hall–Kier alpha value is -1.45. The molecule has 1 aromatic rings. The molecule has 1 aromatic heterocycles. The van der Waals surface area contributed by atoms with E-state index >= 15 is 0 Å². The SMILES string of the molecule is CCC(C)(CC)c1cc([N+](=O)[O-])ccn1. The van der Waals surface area contributed by atoms with Crippen molar-refractivity contribution >= 4 is 5.69 Å². The van der Waals surface area contributed by atoms with E-state index in [-0.39, 0.29) is 16.0 Å². The Morgan fingerprint density at radius 3 is 2.53 bits per heavy atom. The molecule has 4 nitrogen and oxygen atoms in total. The summed E-state index contributed by atoms with van der Waals surface area (Å²) in [6.45, 7) is 6.23. The van der Waals surface area contributed by atoms with Crippen molar-refractivity contribution in [1.82, 2.24) is 4.98 Å². The first-order valence-electron chi connectivity index (χ1n) is 5.14. The van der Waals surface area contributed by atoms with Crippen LogP contribution in [0.3, 0.4) is 0 Å². The molecule has 0 spiro atoms. The van der Waals surface area contributed by atoms with E-state index in [1.807, 2.05) is 0 Å². The summed E-state index contributed by atoms with van der Waals surface area (Å²) in [5.74, 6) is 0. The molecule has 0 unspecified atom stereocenters. The van der Waals surface area contributed by atoms with Crippen LogP contribution in [0.15, 0.2) is 18.3 Å². The van der Waals surface area contributed by atoms with Crippen LogP contribution in [-0.4, -0.2) is 9.91 Å². The lowest BCUT2D eigenvalue weighted by atomic mass is 9.81. The van der Waals surface area contributed by atoms with Crippen molar-refractivity contribution in [2.45, 2.75) is 39.0 Å². The minimum absolute atomic E-state index is 0.0635. The first kappa shape index (κ1) is 11.6. The van der Waals surface area contributed by atoms with Gasteiger partial charge in [0.1, 0.15) is 0 Å². The topological polar surface area (TPSA) is 56.0 Å². The van der Waals surface area contributed by atoms with Crippen molar-refractivity contribution in [2.75, 3.05) is 0 Å². The van der Waals surface area contributed by atoms with E-state index in [0.717, 1.165) is 18.5 Å². The van der Waals surface area contributed by atoms with Gasteiger partial charge in [0.2, 0.25) is 0 Å². The van der Waals surface area contributed by atoms with Crippen molar-refractivity contribution in [1.29, 1.82) is 0 Å². The monoisotopic (exact) mass is 208 g/mol. The second-order valence-corrected chi connectivity index (χ2v) is 3.92. The summed E-state index contributed by atoms with van der Waals surface area (Å²) >= 11 is 0. The van der Waals surface area contributed by atoms with Crippen molar-refractivity contribution in [3.05, 3.63) is 34.1 Å². The summed E-state index contributed by atoms with van der Waals surface area (Å²) in [5, 5.41) is 10.6. The fourth-order valence-corrected chi connectivity index (χ4v) is 1.48. The molecule has 0 amide bonds. The van der Waals surface area contributed by atoms with E-state index in [2.05, 4.69) is 25.8 Å². The molecule has 0 aliphatic heterocycles. The van der Waals surface area contributed by atoms with Crippen LogP contribution >= 0.6 is 0 Å². The minimum atomic E-state index is -0.378. The van der Waals surface area contributed by atoms with Crippen LogP contribution in [0.1, 0.15) is 39.3 Å². The number of aromatic nitrogens is 1. The Morgan fingerprint density at radius 1 is 1.47 bits per heavy atom. The molecule has 0 radical (unpaired) electrons. The second kappa shape index (κ2) is 4.38. The van der Waals surface area contributed by atoms with Crippen molar-refractivity contribution < 1.29 is 4.92 Å². The molecular weight excluding hydrogens is 192 g/mol. The van der Waals surface area contributed by atoms with Crippen LogP contribution in [0.4, 0.5) is 5.69 Å². The van der Waals surface area contributed by atoms with Gasteiger partial charge in [0, 0.05) is 23.7 Å². The zero-order valence-electron chi connectivity index (χ0n) is 9.36. The third-order valence-corrected chi connectivity index (χ3v) is 3.13. The highest BCUT2D eigenvalue weighted by Gasteiger charge is 2.25. The molecule has 82 valence electrons. The summed E-state index contributed by atoms with van der Waals surface area (Å²) in [6.07, 6.45) is 3.37. The van der Waals surface area contributed by atoms with Gasteiger partial charge in [-0.25, -0.2) is 0 Å². The van der Waals surface area contributed by atoms with E-state index in [1.54, 1.807) is 6.07 Å². The maximum absolute atomic E-state index is 10.6. The van der Waals surface area contributed by atoms with Gasteiger partial charge < -0.3 is 0 Å². The lowest BCUT2D eigenvalue weighted by Gasteiger charge is -2.25. The fraction of sp³-hybridized carbons (Fsp3) is 0.545. The van der Waals surface area contributed by atoms with Gasteiger partial charge >= 0.3 is 0 Å². The maximum Gasteiger partial charge on any atom is 0.272 e. The van der Waals surface area contributed by atoms with Crippen LogP contribution in [0.5, 0.6) is 0 Å². The number of nitrogens with zero attached hydrogens (tertiary/aromatic N) is 2. The van der Waals surface area contributed by atoms with Gasteiger partial charge in [-0.3, -0.25) is 15.1 Å². The second-order valence-electron chi connectivity index (χ2n) is 3.92. The lowest BCUT2D eigenvalue weighted by Crippen LogP contribution is -2.21. The highest BCUT2D eigenvalue weighted by molar-refractivity contribution is 5.32. The van der Waals surface area contributed by atoms with Crippen LogP contribution in [0.2, 0.25) is 0 Å². The average Bonchev–Trinajstić information content (AvgIpc) is 2.28. The van der Waals surface area contributed by atoms with Crippen LogP contribution in [-0.2, 0) is 5.41 Å². The van der Waals surface area contributed by atoms with E-state index < -0.39 is 0 Å². The summed E-state index contributed by atoms with van der Waals surface area (Å²) in [5.41, 5.74) is 0.862. The molecular formula is C11H16N2O2. The largest absolute Gasteiger partial charge is 0.272 e. The van der Waals surface area contributed by atoms with Gasteiger partial charge in [-0.05, 0) is 12.8 Å². The number of hydrogen-bond donors (Lipinski definition) is 0. The zero-order chi connectivity index (χ0) is 11.5. The van der Waals surface area contributed by atoms with Crippen LogP contribution in [0, 0.1) is 10.1 Å². The number of rotatable bonds is 4. The van der Waals surface area contributed by atoms with Gasteiger partial charge in [0.15, 0.2) is 0 Å². The molecule has 0 N–H and O–H groups in total. The van der Waals surface area contributed by atoms with Gasteiger partial charge in [0.05, 0.1) is 10.6 Å². The van der Waals surface area contributed by atoms with Crippen molar-refractivity contribution in [3.63, 3.8) is 0 Å². The summed E-state index contributed by atoms with van der Waals surface area (Å²) in [4.78, 5) is 14.5. The van der Waals surface area contributed by atoms with Gasteiger partial charge in [0.25, 0.3) is 5.69 Å². The first-order chi connectivity index (χ1) is 7.03. The zero-order valence-corrected chi connectivity index (χ0v) is 9.36. The predicted molar refractivity (Wildman–Crippen MR) is 58.8 cm³/mol. The molecule has 0 saturated carbocycles. The van der Waals surface area contributed by atoms with Gasteiger partial charge in [-0.1, -0.05) is 20.8 Å². The minimum Gasteiger partial charge on any atom is -0.260 e. The molecule has 1 rings (SSSR count). The smallest absolute Gasteiger partial charge is 0.260 e.